The number of carbonyl (C=O) groups is 2. The number of hydrogen-bond donors (Lipinski definition) is 2. The molecule has 0 saturated carbocycles. The highest BCUT2D eigenvalue weighted by molar-refractivity contribution is 6.31. The van der Waals surface area contributed by atoms with Crippen molar-refractivity contribution in [3.05, 3.63) is 88.4 Å². The lowest BCUT2D eigenvalue weighted by atomic mass is 10.1. The van der Waals surface area contributed by atoms with Gasteiger partial charge in [-0.2, -0.15) is 0 Å². The zero-order chi connectivity index (χ0) is 20.1. The molecule has 28 heavy (non-hydrogen) atoms. The average molecular weight is 395 g/mol. The lowest BCUT2D eigenvalue weighted by Gasteiger charge is -2.10. The summed E-state index contributed by atoms with van der Waals surface area (Å²) in [6.45, 7) is 1.89. The molecule has 0 bridgehead atoms. The molecule has 0 saturated heterocycles. The van der Waals surface area contributed by atoms with Crippen LogP contribution >= 0.6 is 11.6 Å². The second-order valence-corrected chi connectivity index (χ2v) is 6.61. The first-order valence-corrected chi connectivity index (χ1v) is 8.97. The third kappa shape index (κ3) is 4.69. The van der Waals surface area contributed by atoms with Gasteiger partial charge in [0, 0.05) is 33.6 Å². The van der Waals surface area contributed by atoms with E-state index in [1.54, 1.807) is 67.8 Å². The van der Waals surface area contributed by atoms with Crippen molar-refractivity contribution < 1.29 is 14.3 Å². The van der Waals surface area contributed by atoms with Gasteiger partial charge in [-0.05, 0) is 61.0 Å². The summed E-state index contributed by atoms with van der Waals surface area (Å²) in [5.74, 6) is 0.108. The number of nitrogens with one attached hydrogen (secondary N) is 2. The molecule has 0 aliphatic carbocycles. The fourth-order valence-corrected chi connectivity index (χ4v) is 2.77. The minimum atomic E-state index is -0.273. The Morgan fingerprint density at radius 1 is 0.857 bits per heavy atom. The molecule has 3 aromatic rings. The fraction of sp³-hybridized carbons (Fsp3) is 0.0909. The Morgan fingerprint density at radius 2 is 1.50 bits per heavy atom. The SMILES string of the molecule is COc1cccc(NC(=O)c2ccc(C(=O)Nc3cc(Cl)ccc3C)cc2)c1. The molecule has 0 atom stereocenters. The molecule has 0 aliphatic heterocycles. The molecule has 6 heteroatoms. The number of carbonyl (C=O) groups excluding carboxylic acids is 2. The monoisotopic (exact) mass is 394 g/mol. The highest BCUT2D eigenvalue weighted by Crippen LogP contribution is 2.21. The predicted octanol–water partition coefficient (Wildman–Crippen LogP) is 5.16. The number of rotatable bonds is 5. The van der Waals surface area contributed by atoms with E-state index in [9.17, 15) is 9.59 Å². The summed E-state index contributed by atoms with van der Waals surface area (Å²) in [7, 11) is 1.57. The highest BCUT2D eigenvalue weighted by Gasteiger charge is 2.11. The minimum absolute atomic E-state index is 0.272. The molecule has 5 nitrogen and oxygen atoms in total. The maximum Gasteiger partial charge on any atom is 0.255 e. The smallest absolute Gasteiger partial charge is 0.255 e. The number of anilines is 2. The molecule has 3 rings (SSSR count). The Kier molecular flexibility index (Phi) is 5.96. The van der Waals surface area contributed by atoms with Crippen molar-refractivity contribution in [3.8, 4) is 5.75 Å². The zero-order valence-electron chi connectivity index (χ0n) is 15.5. The maximum absolute atomic E-state index is 12.5. The molecule has 0 radical (unpaired) electrons. The van der Waals surface area contributed by atoms with Crippen LogP contribution in [0.15, 0.2) is 66.7 Å². The van der Waals surface area contributed by atoms with E-state index in [0.29, 0.717) is 33.3 Å². The van der Waals surface area contributed by atoms with Crippen LogP contribution in [0.2, 0.25) is 5.02 Å². The van der Waals surface area contributed by atoms with Gasteiger partial charge in [-0.3, -0.25) is 9.59 Å². The predicted molar refractivity (Wildman–Crippen MR) is 112 cm³/mol. The maximum atomic E-state index is 12.5. The Labute approximate surface area is 168 Å². The molecule has 3 aromatic carbocycles. The molecule has 2 N–H and O–H groups in total. The van der Waals surface area contributed by atoms with Gasteiger partial charge in [-0.15, -0.1) is 0 Å². The molecule has 2 amide bonds. The quantitative estimate of drug-likeness (QED) is 0.628. The van der Waals surface area contributed by atoms with Crippen LogP contribution in [0.5, 0.6) is 5.75 Å². The number of benzene rings is 3. The number of amides is 2. The van der Waals surface area contributed by atoms with Crippen molar-refractivity contribution in [2.24, 2.45) is 0 Å². The largest absolute Gasteiger partial charge is 0.497 e. The second kappa shape index (κ2) is 8.59. The normalized spacial score (nSPS) is 10.2. The van der Waals surface area contributed by atoms with Crippen LogP contribution in [0.25, 0.3) is 0 Å². The van der Waals surface area contributed by atoms with Gasteiger partial charge < -0.3 is 15.4 Å². The van der Waals surface area contributed by atoms with Gasteiger partial charge in [0.2, 0.25) is 0 Å². The average Bonchev–Trinajstić information content (AvgIpc) is 2.71. The van der Waals surface area contributed by atoms with Gasteiger partial charge in [-0.25, -0.2) is 0 Å². The number of hydrogen-bond acceptors (Lipinski definition) is 3. The van der Waals surface area contributed by atoms with Gasteiger partial charge in [0.15, 0.2) is 0 Å². The van der Waals surface area contributed by atoms with Gasteiger partial charge in [0.25, 0.3) is 11.8 Å². The van der Waals surface area contributed by atoms with Crippen molar-refractivity contribution in [1.82, 2.24) is 0 Å². The molecule has 0 fully saturated rings. The van der Waals surface area contributed by atoms with E-state index < -0.39 is 0 Å². The van der Waals surface area contributed by atoms with Crippen LogP contribution in [0.3, 0.4) is 0 Å². The molecule has 0 heterocycles. The number of ether oxygens (including phenoxy) is 1. The molecular formula is C22H19ClN2O3. The molecular weight excluding hydrogens is 376 g/mol. The Balaban J connectivity index is 1.69. The van der Waals surface area contributed by atoms with E-state index in [4.69, 9.17) is 16.3 Å². The van der Waals surface area contributed by atoms with Gasteiger partial charge in [-0.1, -0.05) is 23.7 Å². The molecule has 0 aromatic heterocycles. The summed E-state index contributed by atoms with van der Waals surface area (Å²) in [5, 5.41) is 6.18. The Hall–Kier alpha value is -3.31. The van der Waals surface area contributed by atoms with E-state index in [1.165, 1.54) is 0 Å². The van der Waals surface area contributed by atoms with Gasteiger partial charge >= 0.3 is 0 Å². The molecule has 142 valence electrons. The first-order valence-electron chi connectivity index (χ1n) is 8.59. The standard InChI is InChI=1S/C22H19ClN2O3/c1-14-6-11-17(23)12-20(14)25-22(27)16-9-7-15(8-10-16)21(26)24-18-4-3-5-19(13-18)28-2/h3-13H,1-2H3,(H,24,26)(H,25,27). The van der Waals surface area contributed by atoms with Crippen molar-refractivity contribution in [1.29, 1.82) is 0 Å². The van der Waals surface area contributed by atoms with Gasteiger partial charge in [0.05, 0.1) is 7.11 Å². The van der Waals surface area contributed by atoms with Crippen LogP contribution in [-0.2, 0) is 0 Å². The summed E-state index contributed by atoms with van der Waals surface area (Å²) >= 11 is 5.98. The van der Waals surface area contributed by atoms with E-state index in [-0.39, 0.29) is 11.8 Å². The summed E-state index contributed by atoms with van der Waals surface area (Å²) < 4.78 is 5.14. The van der Waals surface area contributed by atoms with Gasteiger partial charge in [0.1, 0.15) is 5.75 Å². The van der Waals surface area contributed by atoms with Crippen LogP contribution in [0.1, 0.15) is 26.3 Å². The first kappa shape index (κ1) is 19.5. The minimum Gasteiger partial charge on any atom is -0.497 e. The van der Waals surface area contributed by atoms with E-state index >= 15 is 0 Å². The van der Waals surface area contributed by atoms with Crippen molar-refractivity contribution in [2.75, 3.05) is 17.7 Å². The Morgan fingerprint density at radius 3 is 2.14 bits per heavy atom. The van der Waals surface area contributed by atoms with Crippen LogP contribution in [0.4, 0.5) is 11.4 Å². The van der Waals surface area contributed by atoms with E-state index in [2.05, 4.69) is 10.6 Å². The van der Waals surface area contributed by atoms with E-state index in [1.807, 2.05) is 13.0 Å². The van der Waals surface area contributed by atoms with Crippen molar-refractivity contribution in [2.45, 2.75) is 6.92 Å². The summed E-state index contributed by atoms with van der Waals surface area (Å²) in [6.07, 6.45) is 0. The summed E-state index contributed by atoms with van der Waals surface area (Å²) in [6, 6.07) is 18.8. The molecule has 0 unspecified atom stereocenters. The highest BCUT2D eigenvalue weighted by atomic mass is 35.5. The summed E-state index contributed by atoms with van der Waals surface area (Å²) in [4.78, 5) is 24.9. The molecule has 0 aliphatic rings. The third-order valence-corrected chi connectivity index (χ3v) is 4.42. The number of methoxy groups -OCH3 is 1. The number of halogens is 1. The topological polar surface area (TPSA) is 67.4 Å². The van der Waals surface area contributed by atoms with E-state index in [0.717, 1.165) is 5.56 Å². The molecule has 0 spiro atoms. The summed E-state index contributed by atoms with van der Waals surface area (Å²) in [5.41, 5.74) is 3.07. The van der Waals surface area contributed by atoms with Crippen LogP contribution in [0, 0.1) is 6.92 Å². The second-order valence-electron chi connectivity index (χ2n) is 6.18. The fourth-order valence-electron chi connectivity index (χ4n) is 2.60. The van der Waals surface area contributed by atoms with Crippen molar-refractivity contribution >= 4 is 34.8 Å². The lowest BCUT2D eigenvalue weighted by Crippen LogP contribution is -2.14. The van der Waals surface area contributed by atoms with Crippen LogP contribution < -0.4 is 15.4 Å². The first-order chi connectivity index (χ1) is 13.5. The van der Waals surface area contributed by atoms with Crippen LogP contribution in [-0.4, -0.2) is 18.9 Å². The zero-order valence-corrected chi connectivity index (χ0v) is 16.2. The Bertz CT molecular complexity index is 1020. The lowest BCUT2D eigenvalue weighted by molar-refractivity contribution is 0.101. The number of aryl methyl sites for hydroxylation is 1. The van der Waals surface area contributed by atoms with Crippen molar-refractivity contribution in [3.63, 3.8) is 0 Å². The third-order valence-electron chi connectivity index (χ3n) is 4.18.